The third kappa shape index (κ3) is 4.24. The third-order valence-electron chi connectivity index (χ3n) is 2.63. The Labute approximate surface area is 102 Å². The lowest BCUT2D eigenvalue weighted by Crippen LogP contribution is -2.33. The van der Waals surface area contributed by atoms with Gasteiger partial charge >= 0.3 is 0 Å². The van der Waals surface area contributed by atoms with Crippen molar-refractivity contribution in [3.05, 3.63) is 24.3 Å². The second kappa shape index (κ2) is 6.47. The molecule has 3 N–H and O–H groups in total. The summed E-state index contributed by atoms with van der Waals surface area (Å²) in [5.74, 6) is 0.812. The molecule has 4 heteroatoms. The summed E-state index contributed by atoms with van der Waals surface area (Å²) in [6.07, 6.45) is 0. The Morgan fingerprint density at radius 3 is 2.59 bits per heavy atom. The Balaban J connectivity index is 2.59. The van der Waals surface area contributed by atoms with Gasteiger partial charge in [-0.1, -0.05) is 13.0 Å². The minimum Gasteiger partial charge on any atom is -0.494 e. The predicted octanol–water partition coefficient (Wildman–Crippen LogP) is 1.49. The van der Waals surface area contributed by atoms with Gasteiger partial charge in [-0.05, 0) is 19.1 Å². The van der Waals surface area contributed by atoms with Crippen LogP contribution in [0.4, 0.5) is 5.69 Å². The van der Waals surface area contributed by atoms with Crippen molar-refractivity contribution in [3.63, 3.8) is 0 Å². The number of aliphatic hydroxyl groups excluding tert-OH is 2. The predicted molar refractivity (Wildman–Crippen MR) is 68.4 cm³/mol. The maximum atomic E-state index is 9.18. The van der Waals surface area contributed by atoms with E-state index in [1.54, 1.807) is 0 Å². The number of nitrogens with one attached hydrogen (secondary N) is 1. The van der Waals surface area contributed by atoms with Gasteiger partial charge in [0.15, 0.2) is 0 Å². The molecule has 0 atom stereocenters. The third-order valence-corrected chi connectivity index (χ3v) is 2.63. The Morgan fingerprint density at radius 1 is 1.29 bits per heavy atom. The molecule has 0 spiro atoms. The fourth-order valence-electron chi connectivity index (χ4n) is 1.34. The number of hydrogen-bond donors (Lipinski definition) is 3. The van der Waals surface area contributed by atoms with E-state index in [2.05, 4.69) is 5.32 Å². The van der Waals surface area contributed by atoms with Crippen molar-refractivity contribution in [2.75, 3.05) is 31.7 Å². The van der Waals surface area contributed by atoms with Crippen LogP contribution in [0.25, 0.3) is 0 Å². The molecule has 0 amide bonds. The summed E-state index contributed by atoms with van der Waals surface area (Å²) >= 11 is 0. The van der Waals surface area contributed by atoms with Crippen molar-refractivity contribution in [2.45, 2.75) is 13.8 Å². The van der Waals surface area contributed by atoms with Gasteiger partial charge in [0.2, 0.25) is 0 Å². The zero-order chi connectivity index (χ0) is 12.7. The number of anilines is 1. The molecule has 0 aliphatic heterocycles. The van der Waals surface area contributed by atoms with Crippen molar-refractivity contribution in [2.24, 2.45) is 5.41 Å². The van der Waals surface area contributed by atoms with Crippen LogP contribution in [0.1, 0.15) is 13.8 Å². The van der Waals surface area contributed by atoms with Gasteiger partial charge in [0.25, 0.3) is 0 Å². The maximum absolute atomic E-state index is 9.18. The molecule has 0 saturated carbocycles. The van der Waals surface area contributed by atoms with E-state index in [0.29, 0.717) is 13.2 Å². The molecule has 0 unspecified atom stereocenters. The average Bonchev–Trinajstić information content (AvgIpc) is 2.37. The molecule has 17 heavy (non-hydrogen) atoms. The molecule has 1 aromatic carbocycles. The maximum Gasteiger partial charge on any atom is 0.121 e. The van der Waals surface area contributed by atoms with Gasteiger partial charge < -0.3 is 20.3 Å². The van der Waals surface area contributed by atoms with Crippen LogP contribution < -0.4 is 10.1 Å². The lowest BCUT2D eigenvalue weighted by atomic mass is 9.93. The number of hydrogen-bond acceptors (Lipinski definition) is 4. The average molecular weight is 239 g/mol. The molecule has 1 aromatic rings. The molecule has 0 aromatic heterocycles. The van der Waals surface area contributed by atoms with Crippen LogP contribution in [-0.2, 0) is 0 Å². The van der Waals surface area contributed by atoms with Crippen LogP contribution in [-0.4, -0.2) is 36.6 Å². The Kier molecular flexibility index (Phi) is 5.25. The van der Waals surface area contributed by atoms with Crippen molar-refractivity contribution < 1.29 is 14.9 Å². The molecule has 0 fully saturated rings. The molecule has 4 nitrogen and oxygen atoms in total. The molecular formula is C13H21NO3. The highest BCUT2D eigenvalue weighted by Gasteiger charge is 2.21. The monoisotopic (exact) mass is 239 g/mol. The number of aliphatic hydroxyl groups is 2. The number of ether oxygens (including phenoxy) is 1. The summed E-state index contributed by atoms with van der Waals surface area (Å²) in [5, 5.41) is 21.5. The summed E-state index contributed by atoms with van der Waals surface area (Å²) in [6.45, 7) is 4.80. The molecule has 1 rings (SSSR count). The zero-order valence-corrected chi connectivity index (χ0v) is 10.4. The molecule has 96 valence electrons. The first kappa shape index (κ1) is 13.8. The lowest BCUT2D eigenvalue weighted by Gasteiger charge is -2.25. The highest BCUT2D eigenvalue weighted by Crippen LogP contribution is 2.20. The van der Waals surface area contributed by atoms with Gasteiger partial charge in [-0.25, -0.2) is 0 Å². The first-order valence-electron chi connectivity index (χ1n) is 5.82. The number of benzene rings is 1. The van der Waals surface area contributed by atoms with Gasteiger partial charge in [0.1, 0.15) is 5.75 Å². The molecule has 0 bridgehead atoms. The van der Waals surface area contributed by atoms with Crippen LogP contribution in [0.15, 0.2) is 24.3 Å². The second-order valence-electron chi connectivity index (χ2n) is 4.44. The molecule has 0 aliphatic carbocycles. The van der Waals surface area contributed by atoms with Gasteiger partial charge in [-0.2, -0.15) is 0 Å². The van der Waals surface area contributed by atoms with Gasteiger partial charge in [0.05, 0.1) is 19.8 Å². The van der Waals surface area contributed by atoms with Crippen LogP contribution in [0.5, 0.6) is 5.75 Å². The van der Waals surface area contributed by atoms with E-state index in [0.717, 1.165) is 11.4 Å². The van der Waals surface area contributed by atoms with Crippen LogP contribution >= 0.6 is 0 Å². The molecular weight excluding hydrogens is 218 g/mol. The minimum atomic E-state index is -0.512. The van der Waals surface area contributed by atoms with E-state index in [1.165, 1.54) is 0 Å². The zero-order valence-electron chi connectivity index (χ0n) is 10.4. The summed E-state index contributed by atoms with van der Waals surface area (Å²) < 4.78 is 5.39. The summed E-state index contributed by atoms with van der Waals surface area (Å²) in [4.78, 5) is 0. The van der Waals surface area contributed by atoms with E-state index >= 15 is 0 Å². The first-order chi connectivity index (χ1) is 8.13. The summed E-state index contributed by atoms with van der Waals surface area (Å²) in [5.41, 5.74) is 0.408. The van der Waals surface area contributed by atoms with E-state index in [-0.39, 0.29) is 13.2 Å². The van der Waals surface area contributed by atoms with E-state index in [9.17, 15) is 10.2 Å². The normalized spacial score (nSPS) is 11.3. The van der Waals surface area contributed by atoms with Crippen molar-refractivity contribution in [3.8, 4) is 5.75 Å². The van der Waals surface area contributed by atoms with Crippen molar-refractivity contribution in [1.29, 1.82) is 0 Å². The standard InChI is InChI=1S/C13H21NO3/c1-3-17-12-6-4-5-11(7-12)14-8-13(2,9-15)10-16/h4-7,14-16H,3,8-10H2,1-2H3. The first-order valence-corrected chi connectivity index (χ1v) is 5.82. The Bertz CT molecular complexity index is 337. The topological polar surface area (TPSA) is 61.7 Å². The van der Waals surface area contributed by atoms with Crippen molar-refractivity contribution in [1.82, 2.24) is 0 Å². The summed E-state index contributed by atoms with van der Waals surface area (Å²) in [6, 6.07) is 7.63. The summed E-state index contributed by atoms with van der Waals surface area (Å²) in [7, 11) is 0. The Hall–Kier alpha value is -1.26. The fourth-order valence-corrected chi connectivity index (χ4v) is 1.34. The van der Waals surface area contributed by atoms with Gasteiger partial charge in [0, 0.05) is 23.7 Å². The van der Waals surface area contributed by atoms with Crippen molar-refractivity contribution >= 4 is 5.69 Å². The fraction of sp³-hybridized carbons (Fsp3) is 0.538. The van der Waals surface area contributed by atoms with E-state index in [1.807, 2.05) is 38.1 Å². The lowest BCUT2D eigenvalue weighted by molar-refractivity contribution is 0.0806. The van der Waals surface area contributed by atoms with Crippen LogP contribution in [0.3, 0.4) is 0 Å². The molecule has 0 saturated heterocycles. The number of rotatable bonds is 7. The second-order valence-corrected chi connectivity index (χ2v) is 4.44. The molecule has 0 aliphatic rings. The molecule has 0 radical (unpaired) electrons. The van der Waals surface area contributed by atoms with Gasteiger partial charge in [-0.3, -0.25) is 0 Å². The highest BCUT2D eigenvalue weighted by molar-refractivity contribution is 5.48. The smallest absolute Gasteiger partial charge is 0.121 e. The SMILES string of the molecule is CCOc1cccc(NCC(C)(CO)CO)c1. The largest absolute Gasteiger partial charge is 0.494 e. The van der Waals surface area contributed by atoms with E-state index < -0.39 is 5.41 Å². The quantitative estimate of drug-likeness (QED) is 0.674. The minimum absolute atomic E-state index is 0.0539. The van der Waals surface area contributed by atoms with E-state index in [4.69, 9.17) is 4.74 Å². The van der Waals surface area contributed by atoms with Gasteiger partial charge in [-0.15, -0.1) is 0 Å². The van der Waals surface area contributed by atoms with Crippen LogP contribution in [0, 0.1) is 5.41 Å². The Morgan fingerprint density at radius 2 is 2.00 bits per heavy atom. The molecule has 0 heterocycles. The van der Waals surface area contributed by atoms with Crippen LogP contribution in [0.2, 0.25) is 0 Å². The highest BCUT2D eigenvalue weighted by atomic mass is 16.5.